The van der Waals surface area contributed by atoms with Crippen LogP contribution >= 0.6 is 0 Å². The van der Waals surface area contributed by atoms with Crippen molar-refractivity contribution in [1.82, 2.24) is 31.1 Å². The van der Waals surface area contributed by atoms with Gasteiger partial charge >= 0.3 is 21.4 Å². The molecule has 0 saturated carbocycles. The minimum Gasteiger partial charge on any atom is -0.342 e. The molecule has 1 rings (SSSR count). The maximum absolute atomic E-state index is 3.52. The molecule has 120 valence electrons. The van der Waals surface area contributed by atoms with E-state index in [1.165, 1.54) is 38.5 Å². The lowest BCUT2D eigenvalue weighted by molar-refractivity contribution is 0.724. The zero-order valence-electron chi connectivity index (χ0n) is 14.1. The van der Waals surface area contributed by atoms with Crippen LogP contribution in [-0.4, -0.2) is 41.0 Å². The average molecular weight is 294 g/mol. The van der Waals surface area contributed by atoms with Crippen molar-refractivity contribution in [2.75, 3.05) is 19.6 Å². The summed E-state index contributed by atoms with van der Waals surface area (Å²) in [6.45, 7) is 9.75. The van der Waals surface area contributed by atoms with Crippen LogP contribution in [0.25, 0.3) is 0 Å². The summed E-state index contributed by atoms with van der Waals surface area (Å²) in [4.78, 5) is 0. The Balaban J connectivity index is 2.35. The molecule has 21 heavy (non-hydrogen) atoms. The van der Waals surface area contributed by atoms with Crippen LogP contribution in [-0.2, 0) is 0 Å². The Hall–Kier alpha value is -0.0452. The van der Waals surface area contributed by atoms with Gasteiger partial charge in [-0.3, -0.25) is 0 Å². The molecule has 0 amide bonds. The molecule has 6 nitrogen and oxygen atoms in total. The van der Waals surface area contributed by atoms with Crippen LogP contribution in [0.4, 0.5) is 0 Å². The first-order valence-electron chi connectivity index (χ1n) is 8.78. The van der Waals surface area contributed by atoms with E-state index in [0.29, 0.717) is 0 Å². The first kappa shape index (κ1) is 19.0. The summed E-state index contributed by atoms with van der Waals surface area (Å²) in [5.41, 5.74) is 0. The molecule has 0 aromatic carbocycles. The molecule has 0 radical (unpaired) electrons. The van der Waals surface area contributed by atoms with Crippen LogP contribution in [0.2, 0.25) is 0 Å². The third-order valence-corrected chi connectivity index (χ3v) is 3.64. The Morgan fingerprint density at radius 2 is 0.857 bits per heavy atom. The van der Waals surface area contributed by atoms with Crippen molar-refractivity contribution in [1.29, 1.82) is 0 Å². The molecular formula is C12H33B3N6. The van der Waals surface area contributed by atoms with E-state index in [1.54, 1.807) is 0 Å². The summed E-state index contributed by atoms with van der Waals surface area (Å²) in [5.74, 6) is 0. The highest BCUT2D eigenvalue weighted by Gasteiger charge is 2.35. The van der Waals surface area contributed by atoms with E-state index >= 15 is 0 Å². The van der Waals surface area contributed by atoms with Gasteiger partial charge in [-0.2, -0.15) is 0 Å². The summed E-state index contributed by atoms with van der Waals surface area (Å²) < 4.78 is 0. The fourth-order valence-corrected chi connectivity index (χ4v) is 2.27. The lowest BCUT2D eigenvalue weighted by Gasteiger charge is -2.33. The predicted molar refractivity (Wildman–Crippen MR) is 95.4 cm³/mol. The van der Waals surface area contributed by atoms with E-state index in [-0.39, 0.29) is 21.4 Å². The number of hydrogen-bond donors (Lipinski definition) is 6. The van der Waals surface area contributed by atoms with Crippen LogP contribution in [0.3, 0.4) is 0 Å². The van der Waals surface area contributed by atoms with Gasteiger partial charge < -0.3 is 31.1 Å². The molecule has 1 aliphatic rings. The molecule has 1 saturated heterocycles. The second-order valence-corrected chi connectivity index (χ2v) is 5.72. The molecule has 0 aromatic rings. The van der Waals surface area contributed by atoms with Crippen molar-refractivity contribution < 1.29 is 0 Å². The molecule has 0 spiro atoms. The summed E-state index contributed by atoms with van der Waals surface area (Å²) >= 11 is 0. The molecule has 9 heteroatoms. The Bertz CT molecular complexity index is 205. The van der Waals surface area contributed by atoms with Crippen molar-refractivity contribution in [3.8, 4) is 0 Å². The van der Waals surface area contributed by atoms with E-state index in [4.69, 9.17) is 0 Å². The maximum Gasteiger partial charge on any atom is 0.376 e. The van der Waals surface area contributed by atoms with Crippen molar-refractivity contribution in [2.45, 2.75) is 59.3 Å². The van der Waals surface area contributed by atoms with Crippen LogP contribution in [0.1, 0.15) is 59.3 Å². The fourth-order valence-electron chi connectivity index (χ4n) is 2.27. The van der Waals surface area contributed by atoms with E-state index in [9.17, 15) is 0 Å². The normalized spacial score (nSPS) is 15.9. The van der Waals surface area contributed by atoms with Crippen molar-refractivity contribution in [3.05, 3.63) is 0 Å². The van der Waals surface area contributed by atoms with E-state index < -0.39 is 0 Å². The molecule has 1 heterocycles. The van der Waals surface area contributed by atoms with Crippen LogP contribution in [0.15, 0.2) is 0 Å². The van der Waals surface area contributed by atoms with Gasteiger partial charge in [-0.15, -0.1) is 0 Å². The van der Waals surface area contributed by atoms with Crippen LogP contribution in [0.5, 0.6) is 0 Å². The van der Waals surface area contributed by atoms with Gasteiger partial charge in [0, 0.05) is 0 Å². The number of nitrogens with one attached hydrogen (secondary N) is 6. The Morgan fingerprint density at radius 3 is 1.10 bits per heavy atom. The highest BCUT2D eigenvalue weighted by molar-refractivity contribution is 6.84. The van der Waals surface area contributed by atoms with Gasteiger partial charge in [0.1, 0.15) is 0 Å². The minimum atomic E-state index is 0.135. The molecule has 0 aliphatic carbocycles. The largest absolute Gasteiger partial charge is 0.376 e. The van der Waals surface area contributed by atoms with Gasteiger partial charge in [0.2, 0.25) is 0 Å². The second kappa shape index (κ2) is 12.5. The topological polar surface area (TPSA) is 72.2 Å². The Labute approximate surface area is 132 Å². The minimum absolute atomic E-state index is 0.135. The highest BCUT2D eigenvalue weighted by Crippen LogP contribution is 1.88. The zero-order chi connectivity index (χ0) is 15.3. The predicted octanol–water partition coefficient (Wildman–Crippen LogP) is -0.107. The van der Waals surface area contributed by atoms with Gasteiger partial charge in [0.15, 0.2) is 0 Å². The monoisotopic (exact) mass is 294 g/mol. The number of unbranched alkanes of at least 4 members (excludes halogenated alkanes) is 3. The second-order valence-electron chi connectivity index (χ2n) is 5.72. The molecule has 1 aliphatic heterocycles. The maximum atomic E-state index is 3.52. The molecule has 6 N–H and O–H groups in total. The summed E-state index contributed by atoms with van der Waals surface area (Å²) in [5, 5.41) is 21.1. The fraction of sp³-hybridized carbons (Fsp3) is 1.00. The van der Waals surface area contributed by atoms with Crippen molar-refractivity contribution in [2.24, 2.45) is 0 Å². The lowest BCUT2D eigenvalue weighted by Crippen LogP contribution is -2.84. The van der Waals surface area contributed by atoms with Gasteiger partial charge in [0.25, 0.3) is 0 Å². The molecule has 0 aromatic heterocycles. The Kier molecular flexibility index (Phi) is 11.3. The van der Waals surface area contributed by atoms with Gasteiger partial charge in [-0.25, -0.2) is 0 Å². The van der Waals surface area contributed by atoms with E-state index in [0.717, 1.165) is 19.6 Å². The SMILES string of the molecule is CCCCNB1NB(NCCCC)NB(NCCCC)N1. The van der Waals surface area contributed by atoms with Gasteiger partial charge in [-0.05, 0) is 38.9 Å². The van der Waals surface area contributed by atoms with Crippen molar-refractivity contribution >= 4 is 21.4 Å². The third kappa shape index (κ3) is 8.85. The zero-order valence-corrected chi connectivity index (χ0v) is 14.1. The standard InChI is InChI=1S/C12H33B3N6/c1-4-7-10-16-13-19-14(17-11-8-5-2)21-15(20-13)18-12-9-6-3/h16-21H,4-12H2,1-3H3. The van der Waals surface area contributed by atoms with Crippen molar-refractivity contribution in [3.63, 3.8) is 0 Å². The average Bonchev–Trinajstić information content (AvgIpc) is 2.48. The smallest absolute Gasteiger partial charge is 0.342 e. The molecular weight excluding hydrogens is 261 g/mol. The first-order valence-corrected chi connectivity index (χ1v) is 8.78. The van der Waals surface area contributed by atoms with E-state index in [2.05, 4.69) is 51.9 Å². The van der Waals surface area contributed by atoms with Crippen LogP contribution < -0.4 is 31.1 Å². The quantitative estimate of drug-likeness (QED) is 0.223. The van der Waals surface area contributed by atoms with Crippen LogP contribution in [0, 0.1) is 0 Å². The summed E-state index contributed by atoms with van der Waals surface area (Å²) in [6, 6.07) is 0. The molecule has 0 atom stereocenters. The molecule has 1 fully saturated rings. The molecule has 0 unspecified atom stereocenters. The Morgan fingerprint density at radius 1 is 0.571 bits per heavy atom. The lowest BCUT2D eigenvalue weighted by atomic mass is 9.64. The number of rotatable bonds is 12. The summed E-state index contributed by atoms with van der Waals surface area (Å²) in [7, 11) is 0.406. The number of hydrogen-bond acceptors (Lipinski definition) is 6. The molecule has 0 bridgehead atoms. The summed E-state index contributed by atoms with van der Waals surface area (Å²) in [6.07, 6.45) is 7.26. The van der Waals surface area contributed by atoms with Gasteiger partial charge in [-0.1, -0.05) is 40.0 Å². The third-order valence-electron chi connectivity index (χ3n) is 3.64. The van der Waals surface area contributed by atoms with Gasteiger partial charge in [0.05, 0.1) is 0 Å². The first-order chi connectivity index (χ1) is 10.3. The highest BCUT2D eigenvalue weighted by atomic mass is 15.2. The van der Waals surface area contributed by atoms with E-state index in [1.807, 2.05) is 0 Å².